The van der Waals surface area contributed by atoms with Crippen molar-refractivity contribution in [2.75, 3.05) is 5.32 Å². The summed E-state index contributed by atoms with van der Waals surface area (Å²) in [5, 5.41) is 15.3. The fourth-order valence-electron chi connectivity index (χ4n) is 1.58. The number of hydrogen-bond donors (Lipinski definition) is 3. The van der Waals surface area contributed by atoms with Crippen LogP contribution in [0, 0.1) is 0 Å². The highest BCUT2D eigenvalue weighted by Gasteiger charge is 2.10. The lowest BCUT2D eigenvalue weighted by atomic mass is 10.2. The van der Waals surface area contributed by atoms with E-state index in [2.05, 4.69) is 58.4 Å². The van der Waals surface area contributed by atoms with Crippen LogP contribution in [0.25, 0.3) is 0 Å². The molecule has 0 bridgehead atoms. The highest BCUT2D eigenvalue weighted by Crippen LogP contribution is 2.35. The van der Waals surface area contributed by atoms with Crippen molar-refractivity contribution in [3.63, 3.8) is 0 Å². The third-order valence-corrected chi connectivity index (χ3v) is 4.55. The monoisotopic (exact) mass is 506 g/mol. The summed E-state index contributed by atoms with van der Waals surface area (Å²) in [6.45, 7) is 0. The zero-order chi connectivity index (χ0) is 16.3. The first-order valence-corrected chi connectivity index (χ1v) is 8.71. The number of hydrogen-bond acceptors (Lipinski definition) is 3. The number of phenolic OH excluding ortho intramolecular Hbond substituents is 1. The van der Waals surface area contributed by atoms with Gasteiger partial charge in [-0.15, -0.1) is 0 Å². The molecule has 0 saturated carbocycles. The van der Waals surface area contributed by atoms with Crippen molar-refractivity contribution in [1.82, 2.24) is 5.32 Å². The lowest BCUT2D eigenvalue weighted by Gasteiger charge is -2.11. The van der Waals surface area contributed by atoms with Gasteiger partial charge in [0.25, 0.3) is 5.91 Å². The van der Waals surface area contributed by atoms with E-state index in [0.29, 0.717) is 20.2 Å². The average Bonchev–Trinajstić information content (AvgIpc) is 2.45. The fourth-order valence-corrected chi connectivity index (χ4v) is 3.24. The Morgan fingerprint density at radius 3 is 2.14 bits per heavy atom. The van der Waals surface area contributed by atoms with Gasteiger partial charge < -0.3 is 10.4 Å². The Kier molecular flexibility index (Phi) is 5.96. The molecule has 1 amide bonds. The molecule has 0 atom stereocenters. The minimum absolute atomic E-state index is 0.0929. The maximum atomic E-state index is 12.0. The van der Waals surface area contributed by atoms with E-state index in [1.54, 1.807) is 36.4 Å². The van der Waals surface area contributed by atoms with E-state index in [4.69, 9.17) is 12.2 Å². The van der Waals surface area contributed by atoms with Gasteiger partial charge in [0.05, 0.1) is 8.95 Å². The average molecular weight is 509 g/mol. The summed E-state index contributed by atoms with van der Waals surface area (Å²) < 4.78 is 1.90. The Hall–Kier alpha value is -0.960. The lowest BCUT2D eigenvalue weighted by Crippen LogP contribution is -2.34. The molecule has 4 nitrogen and oxygen atoms in total. The van der Waals surface area contributed by atoms with Gasteiger partial charge in [0, 0.05) is 15.7 Å². The molecule has 0 aliphatic rings. The van der Waals surface area contributed by atoms with Crippen molar-refractivity contribution >= 4 is 76.7 Å². The number of aromatic hydroxyl groups is 1. The van der Waals surface area contributed by atoms with Gasteiger partial charge in [0.2, 0.25) is 0 Å². The second-order valence-electron chi connectivity index (χ2n) is 4.20. The fraction of sp³-hybridized carbons (Fsp3) is 0. The van der Waals surface area contributed by atoms with Crippen molar-refractivity contribution in [3.8, 4) is 5.75 Å². The second-order valence-corrected chi connectivity index (χ2v) is 7.24. The van der Waals surface area contributed by atoms with Gasteiger partial charge in [-0.1, -0.05) is 15.9 Å². The van der Waals surface area contributed by atoms with Gasteiger partial charge in [-0.3, -0.25) is 10.1 Å². The number of benzene rings is 2. The summed E-state index contributed by atoms with van der Waals surface area (Å²) >= 11 is 14.9. The molecule has 0 saturated heterocycles. The highest BCUT2D eigenvalue weighted by atomic mass is 79.9. The van der Waals surface area contributed by atoms with Gasteiger partial charge in [-0.05, 0) is 80.5 Å². The van der Waals surface area contributed by atoms with E-state index in [1.807, 2.05) is 0 Å². The normalized spacial score (nSPS) is 10.1. The molecule has 0 aromatic heterocycles. The van der Waals surface area contributed by atoms with Crippen LogP contribution in [0.3, 0.4) is 0 Å². The summed E-state index contributed by atoms with van der Waals surface area (Å²) in [5.41, 5.74) is 1.12. The number of carbonyl (C=O) groups is 1. The lowest BCUT2D eigenvalue weighted by molar-refractivity contribution is 0.0977. The molecule has 0 aliphatic heterocycles. The van der Waals surface area contributed by atoms with Gasteiger partial charge in [-0.2, -0.15) is 0 Å². The van der Waals surface area contributed by atoms with Crippen molar-refractivity contribution in [1.29, 1.82) is 0 Å². The summed E-state index contributed by atoms with van der Waals surface area (Å²) in [5.74, 6) is -0.211. The van der Waals surface area contributed by atoms with E-state index in [-0.39, 0.29) is 16.8 Å². The van der Waals surface area contributed by atoms with Crippen LogP contribution in [0.15, 0.2) is 49.8 Å². The molecule has 22 heavy (non-hydrogen) atoms. The standard InChI is InChI=1S/C14H9Br3N2O2S/c15-8-3-1-7(2-4-8)13(21)19-14(22)18-9-5-10(16)12(20)11(17)6-9/h1-6,20H,(H2,18,19,21,22). The predicted molar refractivity (Wildman–Crippen MR) is 101 cm³/mol. The van der Waals surface area contributed by atoms with Crippen molar-refractivity contribution in [2.24, 2.45) is 0 Å². The molecule has 2 rings (SSSR count). The molecule has 3 N–H and O–H groups in total. The van der Waals surface area contributed by atoms with Gasteiger partial charge in [0.15, 0.2) is 5.11 Å². The van der Waals surface area contributed by atoms with Crippen LogP contribution in [0.4, 0.5) is 5.69 Å². The molecular weight excluding hydrogens is 500 g/mol. The summed E-state index contributed by atoms with van der Waals surface area (Å²) in [4.78, 5) is 12.0. The summed E-state index contributed by atoms with van der Waals surface area (Å²) in [7, 11) is 0. The second kappa shape index (κ2) is 7.54. The van der Waals surface area contributed by atoms with E-state index in [1.165, 1.54) is 0 Å². The molecule has 0 aliphatic carbocycles. The maximum Gasteiger partial charge on any atom is 0.257 e. The summed E-state index contributed by atoms with van der Waals surface area (Å²) in [6, 6.07) is 10.2. The number of nitrogens with one attached hydrogen (secondary N) is 2. The number of halogens is 3. The summed E-state index contributed by atoms with van der Waals surface area (Å²) in [6.07, 6.45) is 0. The Morgan fingerprint density at radius 1 is 1.05 bits per heavy atom. The topological polar surface area (TPSA) is 61.4 Å². The van der Waals surface area contributed by atoms with E-state index < -0.39 is 0 Å². The van der Waals surface area contributed by atoms with Crippen LogP contribution in [-0.4, -0.2) is 16.1 Å². The number of phenols is 1. The highest BCUT2D eigenvalue weighted by molar-refractivity contribution is 9.11. The third-order valence-electron chi connectivity index (χ3n) is 2.61. The van der Waals surface area contributed by atoms with Crippen molar-refractivity contribution in [3.05, 3.63) is 55.4 Å². The van der Waals surface area contributed by atoms with Crippen LogP contribution in [0.2, 0.25) is 0 Å². The Balaban J connectivity index is 2.04. The molecule has 0 unspecified atom stereocenters. The van der Waals surface area contributed by atoms with Crippen LogP contribution in [0.1, 0.15) is 10.4 Å². The quantitative estimate of drug-likeness (QED) is 0.402. The first-order chi connectivity index (χ1) is 10.4. The van der Waals surface area contributed by atoms with E-state index in [0.717, 1.165) is 4.47 Å². The Bertz CT molecular complexity index is 712. The SMILES string of the molecule is O=C(NC(=S)Nc1cc(Br)c(O)c(Br)c1)c1ccc(Br)cc1. The molecule has 2 aromatic carbocycles. The molecule has 0 radical (unpaired) electrons. The van der Waals surface area contributed by atoms with Crippen molar-refractivity contribution in [2.45, 2.75) is 0 Å². The number of carbonyl (C=O) groups excluding carboxylic acids is 1. The van der Waals surface area contributed by atoms with E-state index >= 15 is 0 Å². The Labute approximate surface area is 157 Å². The minimum Gasteiger partial charge on any atom is -0.506 e. The van der Waals surface area contributed by atoms with Crippen LogP contribution in [0.5, 0.6) is 5.75 Å². The van der Waals surface area contributed by atoms with Crippen LogP contribution >= 0.6 is 60.0 Å². The number of thiocarbonyl (C=S) groups is 1. The molecule has 2 aromatic rings. The van der Waals surface area contributed by atoms with Gasteiger partial charge in [0.1, 0.15) is 5.75 Å². The van der Waals surface area contributed by atoms with E-state index in [9.17, 15) is 9.90 Å². The molecule has 0 heterocycles. The van der Waals surface area contributed by atoms with Gasteiger partial charge >= 0.3 is 0 Å². The van der Waals surface area contributed by atoms with Crippen molar-refractivity contribution < 1.29 is 9.90 Å². The smallest absolute Gasteiger partial charge is 0.257 e. The van der Waals surface area contributed by atoms with Crippen LogP contribution < -0.4 is 10.6 Å². The molecule has 8 heteroatoms. The van der Waals surface area contributed by atoms with Gasteiger partial charge in [-0.25, -0.2) is 0 Å². The molecule has 0 fully saturated rings. The zero-order valence-electron chi connectivity index (χ0n) is 10.9. The molecule has 0 spiro atoms. The number of anilines is 1. The predicted octanol–water partition coefficient (Wildman–Crippen LogP) is 4.81. The Morgan fingerprint density at radius 2 is 1.59 bits per heavy atom. The minimum atomic E-state index is -0.304. The number of rotatable bonds is 2. The first-order valence-electron chi connectivity index (χ1n) is 5.92. The number of amides is 1. The maximum absolute atomic E-state index is 12.0. The largest absolute Gasteiger partial charge is 0.506 e. The zero-order valence-corrected chi connectivity index (χ0v) is 16.4. The first kappa shape index (κ1) is 17.4. The van der Waals surface area contributed by atoms with Crippen LogP contribution in [-0.2, 0) is 0 Å². The third kappa shape index (κ3) is 4.52. The molecule has 114 valence electrons. The molecular formula is C14H9Br3N2O2S.